The monoisotopic (exact) mass is 256 g/mol. The summed E-state index contributed by atoms with van der Waals surface area (Å²) in [5, 5.41) is 8.00. The maximum absolute atomic E-state index is 12.0. The van der Waals surface area contributed by atoms with Gasteiger partial charge in [0.2, 0.25) is 5.91 Å². The molecule has 1 N–H and O–H groups in total. The summed E-state index contributed by atoms with van der Waals surface area (Å²) in [4.78, 5) is 13.8. The predicted molar refractivity (Wildman–Crippen MR) is 65.8 cm³/mol. The number of aryl methyl sites for hydroxylation is 2. The number of carbonyl (C=O) groups is 1. The molecule has 1 atom stereocenters. The Kier molecular flexibility index (Phi) is 3.40. The van der Waals surface area contributed by atoms with Gasteiger partial charge in [-0.25, -0.2) is 0 Å². The number of aromatic nitrogens is 2. The highest BCUT2D eigenvalue weighted by molar-refractivity contribution is 6.30. The van der Waals surface area contributed by atoms with Crippen molar-refractivity contribution in [2.75, 3.05) is 13.1 Å². The van der Waals surface area contributed by atoms with Gasteiger partial charge in [-0.2, -0.15) is 5.10 Å². The van der Waals surface area contributed by atoms with Crippen LogP contribution in [-0.2, 0) is 18.4 Å². The summed E-state index contributed by atoms with van der Waals surface area (Å²) in [5.41, 5.74) is 1.83. The van der Waals surface area contributed by atoms with Gasteiger partial charge in [0.15, 0.2) is 0 Å². The molecule has 2 heterocycles. The van der Waals surface area contributed by atoms with E-state index >= 15 is 0 Å². The number of nitrogens with zero attached hydrogens (tertiary/aromatic N) is 3. The van der Waals surface area contributed by atoms with Crippen LogP contribution in [0.5, 0.6) is 0 Å². The van der Waals surface area contributed by atoms with E-state index in [0.717, 1.165) is 17.8 Å². The van der Waals surface area contributed by atoms with Gasteiger partial charge in [0.1, 0.15) is 5.15 Å². The van der Waals surface area contributed by atoms with Crippen LogP contribution in [0.2, 0.25) is 5.15 Å². The molecule has 1 saturated heterocycles. The van der Waals surface area contributed by atoms with Crippen molar-refractivity contribution < 1.29 is 4.79 Å². The number of amides is 1. The third-order valence-electron chi connectivity index (χ3n) is 3.13. The summed E-state index contributed by atoms with van der Waals surface area (Å²) in [6.07, 6.45) is 0. The molecule has 0 aliphatic carbocycles. The average molecular weight is 257 g/mol. The molecule has 94 valence electrons. The zero-order chi connectivity index (χ0) is 12.6. The van der Waals surface area contributed by atoms with Crippen molar-refractivity contribution in [2.45, 2.75) is 26.4 Å². The lowest BCUT2D eigenvalue weighted by atomic mass is 10.2. The van der Waals surface area contributed by atoms with E-state index in [1.54, 1.807) is 11.7 Å². The minimum Gasteiger partial charge on any atom is -0.336 e. The molecule has 0 saturated carbocycles. The van der Waals surface area contributed by atoms with Crippen LogP contribution < -0.4 is 5.32 Å². The summed E-state index contributed by atoms with van der Waals surface area (Å²) in [7, 11) is 1.81. The molecule has 1 unspecified atom stereocenters. The van der Waals surface area contributed by atoms with E-state index in [2.05, 4.69) is 10.4 Å². The van der Waals surface area contributed by atoms with Crippen LogP contribution >= 0.6 is 11.6 Å². The molecule has 0 spiro atoms. The first-order chi connectivity index (χ1) is 8.00. The standard InChI is InChI=1S/C11H17ClN4O/c1-7-9(10(12)15(3)14-7)6-16-5-4-13-8(2)11(16)17/h8,13H,4-6H2,1-3H3. The number of carbonyl (C=O) groups excluding carboxylic acids is 1. The van der Waals surface area contributed by atoms with Crippen LogP contribution in [0, 0.1) is 6.92 Å². The van der Waals surface area contributed by atoms with Gasteiger partial charge < -0.3 is 10.2 Å². The number of halogens is 1. The molecular weight excluding hydrogens is 240 g/mol. The van der Waals surface area contributed by atoms with E-state index in [-0.39, 0.29) is 11.9 Å². The minimum absolute atomic E-state index is 0.112. The van der Waals surface area contributed by atoms with Crippen molar-refractivity contribution in [3.05, 3.63) is 16.4 Å². The van der Waals surface area contributed by atoms with Gasteiger partial charge >= 0.3 is 0 Å². The van der Waals surface area contributed by atoms with E-state index in [1.807, 2.05) is 18.7 Å². The molecule has 0 bridgehead atoms. The normalized spacial score (nSPS) is 21.1. The highest BCUT2D eigenvalue weighted by atomic mass is 35.5. The first kappa shape index (κ1) is 12.4. The zero-order valence-electron chi connectivity index (χ0n) is 10.3. The summed E-state index contributed by atoms with van der Waals surface area (Å²) in [6.45, 7) is 5.88. The van der Waals surface area contributed by atoms with Gasteiger partial charge in [-0.1, -0.05) is 11.6 Å². The Balaban J connectivity index is 2.17. The van der Waals surface area contributed by atoms with Gasteiger partial charge in [0.05, 0.1) is 18.3 Å². The molecule has 0 aromatic carbocycles. The molecule has 5 nitrogen and oxygen atoms in total. The first-order valence-corrected chi connectivity index (χ1v) is 6.08. The number of hydrogen-bond donors (Lipinski definition) is 1. The number of nitrogens with one attached hydrogen (secondary N) is 1. The fourth-order valence-electron chi connectivity index (χ4n) is 2.09. The molecular formula is C11H17ClN4O. The van der Waals surface area contributed by atoms with E-state index in [0.29, 0.717) is 18.2 Å². The number of rotatable bonds is 2. The number of hydrogen-bond acceptors (Lipinski definition) is 3. The molecule has 2 rings (SSSR count). The van der Waals surface area contributed by atoms with Crippen molar-refractivity contribution in [3.8, 4) is 0 Å². The third-order valence-corrected chi connectivity index (χ3v) is 3.61. The second kappa shape index (κ2) is 4.66. The van der Waals surface area contributed by atoms with Crippen LogP contribution in [0.15, 0.2) is 0 Å². The smallest absolute Gasteiger partial charge is 0.239 e. The highest BCUT2D eigenvalue weighted by Crippen LogP contribution is 2.21. The molecule has 1 aliphatic rings. The minimum atomic E-state index is -0.112. The van der Waals surface area contributed by atoms with E-state index in [9.17, 15) is 4.79 Å². The molecule has 1 amide bonds. The summed E-state index contributed by atoms with van der Waals surface area (Å²) in [5.74, 6) is 0.121. The first-order valence-electron chi connectivity index (χ1n) is 5.71. The van der Waals surface area contributed by atoms with Crippen molar-refractivity contribution in [1.29, 1.82) is 0 Å². The maximum atomic E-state index is 12.0. The van der Waals surface area contributed by atoms with Gasteiger partial charge in [0, 0.05) is 25.7 Å². The highest BCUT2D eigenvalue weighted by Gasteiger charge is 2.26. The molecule has 17 heavy (non-hydrogen) atoms. The molecule has 1 aliphatic heterocycles. The average Bonchev–Trinajstić information content (AvgIpc) is 2.51. The molecule has 1 fully saturated rings. The van der Waals surface area contributed by atoms with Crippen LogP contribution in [0.25, 0.3) is 0 Å². The molecule has 1 aromatic rings. The van der Waals surface area contributed by atoms with Crippen LogP contribution in [0.3, 0.4) is 0 Å². The van der Waals surface area contributed by atoms with Crippen LogP contribution in [0.4, 0.5) is 0 Å². The summed E-state index contributed by atoms with van der Waals surface area (Å²) >= 11 is 6.16. The second-order valence-electron chi connectivity index (χ2n) is 4.41. The Labute approximate surface area is 106 Å². The Morgan fingerprint density at radius 3 is 2.88 bits per heavy atom. The van der Waals surface area contributed by atoms with Crippen molar-refractivity contribution in [3.63, 3.8) is 0 Å². The Morgan fingerprint density at radius 1 is 1.59 bits per heavy atom. The molecule has 1 aromatic heterocycles. The quantitative estimate of drug-likeness (QED) is 0.848. The summed E-state index contributed by atoms with van der Waals surface area (Å²) < 4.78 is 1.64. The van der Waals surface area contributed by atoms with E-state index in [1.165, 1.54) is 0 Å². The lowest BCUT2D eigenvalue weighted by Gasteiger charge is -2.31. The van der Waals surface area contributed by atoms with Crippen molar-refractivity contribution in [1.82, 2.24) is 20.0 Å². The van der Waals surface area contributed by atoms with Gasteiger partial charge in [-0.3, -0.25) is 9.48 Å². The fourth-order valence-corrected chi connectivity index (χ4v) is 2.32. The fraction of sp³-hybridized carbons (Fsp3) is 0.636. The lowest BCUT2D eigenvalue weighted by molar-refractivity contribution is -0.135. The maximum Gasteiger partial charge on any atom is 0.239 e. The Bertz CT molecular complexity index is 443. The Hall–Kier alpha value is -1.07. The van der Waals surface area contributed by atoms with E-state index in [4.69, 9.17) is 11.6 Å². The van der Waals surface area contributed by atoms with Crippen molar-refractivity contribution >= 4 is 17.5 Å². The Morgan fingerprint density at radius 2 is 2.29 bits per heavy atom. The van der Waals surface area contributed by atoms with Gasteiger partial charge in [-0.15, -0.1) is 0 Å². The number of piperazine rings is 1. The second-order valence-corrected chi connectivity index (χ2v) is 4.77. The lowest BCUT2D eigenvalue weighted by Crippen LogP contribution is -2.53. The summed E-state index contributed by atoms with van der Waals surface area (Å²) in [6, 6.07) is -0.112. The van der Waals surface area contributed by atoms with Crippen molar-refractivity contribution in [2.24, 2.45) is 7.05 Å². The SMILES string of the molecule is Cc1nn(C)c(Cl)c1CN1CCNC(C)C1=O. The third kappa shape index (κ3) is 2.30. The molecule has 0 radical (unpaired) electrons. The van der Waals surface area contributed by atoms with Crippen LogP contribution in [0.1, 0.15) is 18.2 Å². The topological polar surface area (TPSA) is 50.2 Å². The van der Waals surface area contributed by atoms with E-state index < -0.39 is 0 Å². The zero-order valence-corrected chi connectivity index (χ0v) is 11.1. The molecule has 6 heteroatoms. The van der Waals surface area contributed by atoms with Gasteiger partial charge in [0.25, 0.3) is 0 Å². The largest absolute Gasteiger partial charge is 0.336 e. The predicted octanol–water partition coefficient (Wildman–Crippen LogP) is 0.702. The van der Waals surface area contributed by atoms with Gasteiger partial charge in [-0.05, 0) is 13.8 Å². The van der Waals surface area contributed by atoms with Crippen LogP contribution in [-0.4, -0.2) is 39.7 Å².